The van der Waals surface area contributed by atoms with Crippen molar-refractivity contribution >= 4 is 50.1 Å². The number of H-pyrrole nitrogens is 1. The molecule has 1 saturated heterocycles. The molecule has 1 N–H and O–H groups in total. The van der Waals surface area contributed by atoms with Crippen LogP contribution in [0.15, 0.2) is 23.4 Å². The first-order valence-corrected chi connectivity index (χ1v) is 10.3. The van der Waals surface area contributed by atoms with E-state index in [2.05, 4.69) is 9.97 Å². The molecule has 1 aromatic carbocycles. The monoisotopic (exact) mass is 373 g/mol. The van der Waals surface area contributed by atoms with Gasteiger partial charge in [-0.15, -0.1) is 0 Å². The summed E-state index contributed by atoms with van der Waals surface area (Å²) in [6, 6.07) is 5.14. The van der Waals surface area contributed by atoms with E-state index in [0.717, 1.165) is 11.0 Å². The third-order valence-electron chi connectivity index (χ3n) is 3.90. The van der Waals surface area contributed by atoms with Gasteiger partial charge >= 0.3 is 0 Å². The molecule has 0 saturated carbocycles. The van der Waals surface area contributed by atoms with Crippen LogP contribution in [-0.2, 0) is 14.6 Å². The zero-order chi connectivity index (χ0) is 16.6. The van der Waals surface area contributed by atoms with Gasteiger partial charge in [0.25, 0.3) is 0 Å². The van der Waals surface area contributed by atoms with Crippen LogP contribution in [0.25, 0.3) is 11.0 Å². The Hall–Kier alpha value is -1.25. The molecule has 0 bridgehead atoms. The molecule has 6 nitrogen and oxygen atoms in total. The van der Waals surface area contributed by atoms with Crippen LogP contribution in [0.4, 0.5) is 0 Å². The SMILES string of the molecule is CN(C(=O)CSc1nc2ccc(Cl)cc2[nH]1)[C@H]1CCS(=O)(=O)C1. The highest BCUT2D eigenvalue weighted by Gasteiger charge is 2.32. The van der Waals surface area contributed by atoms with Gasteiger partial charge in [-0.05, 0) is 24.6 Å². The van der Waals surface area contributed by atoms with Crippen LogP contribution in [0.1, 0.15) is 6.42 Å². The summed E-state index contributed by atoms with van der Waals surface area (Å²) in [5.74, 6) is 0.326. The molecule has 0 unspecified atom stereocenters. The minimum absolute atomic E-state index is 0.0586. The van der Waals surface area contributed by atoms with E-state index in [1.807, 2.05) is 6.07 Å². The maximum atomic E-state index is 12.2. The Kier molecular flexibility index (Phi) is 4.57. The van der Waals surface area contributed by atoms with Gasteiger partial charge in [0.05, 0.1) is 28.3 Å². The number of carbonyl (C=O) groups is 1. The first-order chi connectivity index (χ1) is 10.8. The largest absolute Gasteiger partial charge is 0.341 e. The molecule has 124 valence electrons. The average molecular weight is 374 g/mol. The lowest BCUT2D eigenvalue weighted by atomic mass is 10.2. The predicted molar refractivity (Wildman–Crippen MR) is 91.7 cm³/mol. The molecule has 3 rings (SSSR count). The van der Waals surface area contributed by atoms with Crippen molar-refractivity contribution in [2.45, 2.75) is 17.6 Å². The molecule has 1 amide bonds. The van der Waals surface area contributed by atoms with Crippen LogP contribution in [-0.4, -0.2) is 59.5 Å². The number of nitrogens with one attached hydrogen (secondary N) is 1. The highest BCUT2D eigenvalue weighted by molar-refractivity contribution is 7.99. The molecule has 0 radical (unpaired) electrons. The Morgan fingerprint density at radius 3 is 3.00 bits per heavy atom. The Balaban J connectivity index is 1.61. The molecule has 2 aromatic rings. The number of imidazole rings is 1. The summed E-state index contributed by atoms with van der Waals surface area (Å²) >= 11 is 7.23. The number of carbonyl (C=O) groups excluding carboxylic acids is 1. The minimum atomic E-state index is -2.99. The number of thioether (sulfide) groups is 1. The minimum Gasteiger partial charge on any atom is -0.341 e. The van der Waals surface area contributed by atoms with Crippen molar-refractivity contribution in [2.75, 3.05) is 24.3 Å². The van der Waals surface area contributed by atoms with Crippen LogP contribution in [0, 0.1) is 0 Å². The molecule has 1 aliphatic heterocycles. The van der Waals surface area contributed by atoms with E-state index < -0.39 is 9.84 Å². The first kappa shape index (κ1) is 16.6. The average Bonchev–Trinajstić information content (AvgIpc) is 3.06. The maximum absolute atomic E-state index is 12.2. The topological polar surface area (TPSA) is 83.1 Å². The molecule has 23 heavy (non-hydrogen) atoms. The predicted octanol–water partition coefficient (Wildman–Crippen LogP) is 1.95. The number of benzene rings is 1. The van der Waals surface area contributed by atoms with Crippen LogP contribution in [0.5, 0.6) is 0 Å². The molecule has 0 spiro atoms. The Labute approximate surface area is 143 Å². The molecule has 1 aromatic heterocycles. The molecule has 0 aliphatic carbocycles. The lowest BCUT2D eigenvalue weighted by Crippen LogP contribution is -2.38. The number of amides is 1. The van der Waals surface area contributed by atoms with Gasteiger partial charge in [0.1, 0.15) is 0 Å². The van der Waals surface area contributed by atoms with Crippen LogP contribution >= 0.6 is 23.4 Å². The number of rotatable bonds is 4. The highest BCUT2D eigenvalue weighted by Crippen LogP contribution is 2.23. The lowest BCUT2D eigenvalue weighted by Gasteiger charge is -2.22. The Morgan fingerprint density at radius 1 is 1.52 bits per heavy atom. The van der Waals surface area contributed by atoms with Crippen LogP contribution < -0.4 is 0 Å². The van der Waals surface area contributed by atoms with Crippen molar-refractivity contribution in [1.82, 2.24) is 14.9 Å². The Morgan fingerprint density at radius 2 is 2.30 bits per heavy atom. The van der Waals surface area contributed by atoms with Gasteiger partial charge in [-0.2, -0.15) is 0 Å². The summed E-state index contributed by atoms with van der Waals surface area (Å²) in [6.07, 6.45) is 0.512. The van der Waals surface area contributed by atoms with Crippen molar-refractivity contribution in [3.8, 4) is 0 Å². The standard InChI is InChI=1S/C14H16ClN3O3S2/c1-18(10-4-5-23(20,21)8-10)13(19)7-22-14-16-11-3-2-9(15)6-12(11)17-14/h2-3,6,10H,4-5,7-8H2,1H3,(H,16,17)/t10-/m0/s1. The summed E-state index contributed by atoms with van der Waals surface area (Å²) < 4.78 is 23.0. The summed E-state index contributed by atoms with van der Waals surface area (Å²) in [4.78, 5) is 21.3. The number of aromatic nitrogens is 2. The van der Waals surface area contributed by atoms with Crippen molar-refractivity contribution in [3.05, 3.63) is 23.2 Å². The number of nitrogens with zero attached hydrogens (tertiary/aromatic N) is 2. The summed E-state index contributed by atoms with van der Waals surface area (Å²) in [6.45, 7) is 0. The zero-order valence-electron chi connectivity index (χ0n) is 12.5. The fourth-order valence-electron chi connectivity index (χ4n) is 2.54. The number of aromatic amines is 1. The highest BCUT2D eigenvalue weighted by atomic mass is 35.5. The molecule has 1 atom stereocenters. The van der Waals surface area contributed by atoms with Gasteiger partial charge in [0, 0.05) is 18.1 Å². The van der Waals surface area contributed by atoms with Crippen molar-refractivity contribution in [1.29, 1.82) is 0 Å². The fraction of sp³-hybridized carbons (Fsp3) is 0.429. The second-order valence-corrected chi connectivity index (χ2v) is 9.18. The summed E-state index contributed by atoms with van der Waals surface area (Å²) in [5, 5.41) is 1.26. The van der Waals surface area contributed by atoms with Crippen LogP contribution in [0.3, 0.4) is 0 Å². The molecular formula is C14H16ClN3O3S2. The second-order valence-electron chi connectivity index (χ2n) is 5.55. The van der Waals surface area contributed by atoms with E-state index in [9.17, 15) is 13.2 Å². The number of hydrogen-bond donors (Lipinski definition) is 1. The number of sulfone groups is 1. The van der Waals surface area contributed by atoms with E-state index in [1.54, 1.807) is 19.2 Å². The van der Waals surface area contributed by atoms with Gasteiger partial charge in [-0.3, -0.25) is 4.79 Å². The maximum Gasteiger partial charge on any atom is 0.233 e. The molecule has 1 aliphatic rings. The number of hydrogen-bond acceptors (Lipinski definition) is 5. The summed E-state index contributed by atoms with van der Waals surface area (Å²) in [7, 11) is -1.33. The second kappa shape index (κ2) is 6.33. The molecule has 9 heteroatoms. The van der Waals surface area contributed by atoms with E-state index >= 15 is 0 Å². The Bertz CT molecular complexity index is 850. The van der Waals surface area contributed by atoms with Gasteiger partial charge in [-0.25, -0.2) is 13.4 Å². The molecule has 2 heterocycles. The van der Waals surface area contributed by atoms with Gasteiger partial charge < -0.3 is 9.88 Å². The first-order valence-electron chi connectivity index (χ1n) is 7.08. The van der Waals surface area contributed by atoms with Crippen molar-refractivity contribution < 1.29 is 13.2 Å². The van der Waals surface area contributed by atoms with Gasteiger partial charge in [-0.1, -0.05) is 23.4 Å². The zero-order valence-corrected chi connectivity index (χ0v) is 14.8. The quantitative estimate of drug-likeness (QED) is 0.828. The normalized spacial score (nSPS) is 20.0. The van der Waals surface area contributed by atoms with Gasteiger partial charge in [0.2, 0.25) is 5.91 Å². The third kappa shape index (κ3) is 3.81. The van der Waals surface area contributed by atoms with Gasteiger partial charge in [0.15, 0.2) is 15.0 Å². The third-order valence-corrected chi connectivity index (χ3v) is 6.75. The fourth-order valence-corrected chi connectivity index (χ4v) is 5.30. The number of halogens is 1. The molecular weight excluding hydrogens is 358 g/mol. The summed E-state index contributed by atoms with van der Waals surface area (Å²) in [5.41, 5.74) is 1.61. The molecule has 1 fully saturated rings. The lowest BCUT2D eigenvalue weighted by molar-refractivity contribution is -0.128. The van der Waals surface area contributed by atoms with Crippen molar-refractivity contribution in [3.63, 3.8) is 0 Å². The smallest absolute Gasteiger partial charge is 0.233 e. The van der Waals surface area contributed by atoms with Crippen molar-refractivity contribution in [2.24, 2.45) is 0 Å². The van der Waals surface area contributed by atoms with E-state index in [0.29, 0.717) is 16.6 Å². The van der Waals surface area contributed by atoms with Crippen LogP contribution in [0.2, 0.25) is 5.02 Å². The van der Waals surface area contributed by atoms with E-state index in [-0.39, 0.29) is 29.2 Å². The number of fused-ring (bicyclic) bond motifs is 1. The van der Waals surface area contributed by atoms with E-state index in [4.69, 9.17) is 11.6 Å². The van der Waals surface area contributed by atoms with E-state index in [1.165, 1.54) is 16.7 Å².